The quantitative estimate of drug-likeness (QED) is 0.262. The first-order chi connectivity index (χ1) is 13.6. The zero-order valence-corrected chi connectivity index (χ0v) is 16.5. The maximum absolute atomic E-state index is 12.0. The van der Waals surface area contributed by atoms with Gasteiger partial charge in [0.25, 0.3) is 5.91 Å². The molecule has 1 aromatic rings. The molecular weight excluding hydrogens is 442 g/mol. The molecule has 1 aromatic carbocycles. The van der Waals surface area contributed by atoms with Gasteiger partial charge in [-0.1, -0.05) is 21.6 Å². The minimum absolute atomic E-state index is 0.00229. The molecule has 0 spiro atoms. The van der Waals surface area contributed by atoms with Crippen LogP contribution in [0.3, 0.4) is 0 Å². The largest absolute Gasteiger partial charge is 0.491 e. The van der Waals surface area contributed by atoms with E-state index < -0.39 is 24.8 Å². The van der Waals surface area contributed by atoms with E-state index in [1.807, 2.05) is 0 Å². The number of amides is 1. The normalized spacial score (nSPS) is 10.5. The van der Waals surface area contributed by atoms with Gasteiger partial charge in [0.05, 0.1) is 6.42 Å². The standard InChI is InChI=1S/C14H18FNO4S2.C2HF3O2/c15-6-8-20-12-3-1-11(2-4-12)14(19)16-7-10-22-21-9-5-13(17)18;3-2(4,5)1(6)7/h1-4H,5-10H2,(H,16,19)(H,17,18);(H,6,7). The summed E-state index contributed by atoms with van der Waals surface area (Å²) in [5.41, 5.74) is 0.510. The highest BCUT2D eigenvalue weighted by Gasteiger charge is 2.38. The van der Waals surface area contributed by atoms with Gasteiger partial charge in [-0.05, 0) is 24.3 Å². The number of halogens is 4. The summed E-state index contributed by atoms with van der Waals surface area (Å²) in [5.74, 6) is -1.97. The Hall–Kier alpha value is -2.15. The van der Waals surface area contributed by atoms with Gasteiger partial charge in [0.15, 0.2) is 0 Å². The third-order valence-electron chi connectivity index (χ3n) is 2.66. The number of carbonyl (C=O) groups excluding carboxylic acids is 1. The molecule has 0 fully saturated rings. The second-order valence-corrected chi connectivity index (χ2v) is 7.61. The molecule has 0 saturated carbocycles. The SMILES string of the molecule is O=C(O)C(F)(F)F.O=C(O)CCSSCCNC(=O)c1ccc(OCCF)cc1. The second-order valence-electron chi connectivity index (χ2n) is 4.91. The first-order valence-corrected chi connectivity index (χ1v) is 10.4. The van der Waals surface area contributed by atoms with Gasteiger partial charge in [-0.2, -0.15) is 13.2 Å². The Morgan fingerprint density at radius 1 is 1.03 bits per heavy atom. The van der Waals surface area contributed by atoms with Crippen LogP contribution in [0.25, 0.3) is 0 Å². The maximum atomic E-state index is 12.0. The lowest BCUT2D eigenvalue weighted by Gasteiger charge is -2.06. The molecule has 1 rings (SSSR count). The number of aliphatic carboxylic acids is 2. The molecule has 29 heavy (non-hydrogen) atoms. The van der Waals surface area contributed by atoms with E-state index in [1.165, 1.54) is 21.6 Å². The van der Waals surface area contributed by atoms with E-state index in [9.17, 15) is 27.2 Å². The van der Waals surface area contributed by atoms with Gasteiger partial charge in [-0.15, -0.1) is 0 Å². The smallest absolute Gasteiger partial charge is 0.490 e. The lowest BCUT2D eigenvalue weighted by molar-refractivity contribution is -0.192. The predicted octanol–water partition coefficient (Wildman–Crippen LogP) is 3.25. The summed E-state index contributed by atoms with van der Waals surface area (Å²) < 4.78 is 48.8. The number of nitrogens with one attached hydrogen (secondary N) is 1. The molecule has 7 nitrogen and oxygen atoms in total. The van der Waals surface area contributed by atoms with Gasteiger partial charge in [0.2, 0.25) is 0 Å². The first kappa shape index (κ1) is 26.9. The molecule has 0 aliphatic carbocycles. The molecule has 0 saturated heterocycles. The van der Waals surface area contributed by atoms with E-state index in [-0.39, 0.29) is 18.9 Å². The minimum atomic E-state index is -5.08. The number of hydrogen-bond acceptors (Lipinski definition) is 6. The van der Waals surface area contributed by atoms with E-state index in [0.29, 0.717) is 29.4 Å². The fourth-order valence-corrected chi connectivity index (χ4v) is 3.30. The molecule has 3 N–H and O–H groups in total. The van der Waals surface area contributed by atoms with E-state index in [0.717, 1.165) is 0 Å². The average molecular weight is 461 g/mol. The summed E-state index contributed by atoms with van der Waals surface area (Å²) in [7, 11) is 3.00. The lowest BCUT2D eigenvalue weighted by atomic mass is 10.2. The number of rotatable bonds is 11. The lowest BCUT2D eigenvalue weighted by Crippen LogP contribution is -2.25. The van der Waals surface area contributed by atoms with Crippen molar-refractivity contribution in [3.05, 3.63) is 29.8 Å². The van der Waals surface area contributed by atoms with Crippen molar-refractivity contribution in [3.8, 4) is 5.75 Å². The number of benzene rings is 1. The third-order valence-corrected chi connectivity index (χ3v) is 5.07. The fraction of sp³-hybridized carbons (Fsp3) is 0.438. The first-order valence-electron chi connectivity index (χ1n) is 7.91. The molecule has 1 amide bonds. The number of carboxylic acid groups (broad SMARTS) is 2. The Morgan fingerprint density at radius 2 is 1.59 bits per heavy atom. The van der Waals surface area contributed by atoms with Crippen molar-refractivity contribution in [1.82, 2.24) is 5.32 Å². The molecular formula is C16H19F4NO6S2. The van der Waals surface area contributed by atoms with Gasteiger partial charge >= 0.3 is 18.1 Å². The number of ether oxygens (including phenoxy) is 1. The summed E-state index contributed by atoms with van der Waals surface area (Å²) in [6, 6.07) is 6.50. The van der Waals surface area contributed by atoms with Crippen LogP contribution in [0.5, 0.6) is 5.75 Å². The highest BCUT2D eigenvalue weighted by atomic mass is 33.1. The van der Waals surface area contributed by atoms with E-state index in [4.69, 9.17) is 19.7 Å². The summed E-state index contributed by atoms with van der Waals surface area (Å²) in [5, 5.41) is 18.4. The molecule has 0 aliphatic rings. The molecule has 0 bridgehead atoms. The number of carboxylic acids is 2. The molecule has 0 aromatic heterocycles. The van der Waals surface area contributed by atoms with E-state index >= 15 is 0 Å². The summed E-state index contributed by atoms with van der Waals surface area (Å²) in [6.45, 7) is -0.0453. The Morgan fingerprint density at radius 3 is 2.07 bits per heavy atom. The van der Waals surface area contributed by atoms with Gasteiger partial charge in [-0.3, -0.25) is 9.59 Å². The molecule has 0 unspecified atom stereocenters. The van der Waals surface area contributed by atoms with Crippen molar-refractivity contribution in [2.24, 2.45) is 0 Å². The van der Waals surface area contributed by atoms with Crippen molar-refractivity contribution in [1.29, 1.82) is 0 Å². The van der Waals surface area contributed by atoms with Crippen molar-refractivity contribution in [2.45, 2.75) is 12.6 Å². The van der Waals surface area contributed by atoms with Crippen LogP contribution in [0.1, 0.15) is 16.8 Å². The molecule has 0 atom stereocenters. The van der Waals surface area contributed by atoms with Gasteiger partial charge < -0.3 is 20.3 Å². The van der Waals surface area contributed by atoms with Crippen molar-refractivity contribution in [3.63, 3.8) is 0 Å². The molecule has 164 valence electrons. The van der Waals surface area contributed by atoms with Gasteiger partial charge in [0.1, 0.15) is 19.0 Å². The van der Waals surface area contributed by atoms with Crippen molar-refractivity contribution >= 4 is 39.4 Å². The zero-order valence-electron chi connectivity index (χ0n) is 14.9. The van der Waals surface area contributed by atoms with Crippen LogP contribution in [0.15, 0.2) is 24.3 Å². The van der Waals surface area contributed by atoms with Crippen LogP contribution in [0.2, 0.25) is 0 Å². The molecule has 0 radical (unpaired) electrons. The Bertz CT molecular complexity index is 643. The fourth-order valence-electron chi connectivity index (χ4n) is 1.41. The summed E-state index contributed by atoms with van der Waals surface area (Å²) >= 11 is 0. The van der Waals surface area contributed by atoms with Crippen LogP contribution >= 0.6 is 21.6 Å². The van der Waals surface area contributed by atoms with Crippen molar-refractivity contribution < 1.29 is 46.9 Å². The number of hydrogen-bond donors (Lipinski definition) is 3. The zero-order chi connectivity index (χ0) is 22.3. The van der Waals surface area contributed by atoms with Gasteiger partial charge in [0, 0.05) is 23.6 Å². The molecule has 0 heterocycles. The highest BCUT2D eigenvalue weighted by molar-refractivity contribution is 8.76. The topological polar surface area (TPSA) is 113 Å². The molecule has 0 aliphatic heterocycles. The minimum Gasteiger partial charge on any atom is -0.491 e. The Kier molecular flexibility index (Phi) is 13.7. The van der Waals surface area contributed by atoms with Gasteiger partial charge in [-0.25, -0.2) is 9.18 Å². The van der Waals surface area contributed by atoms with Crippen LogP contribution in [0, 0.1) is 0 Å². The maximum Gasteiger partial charge on any atom is 0.490 e. The van der Waals surface area contributed by atoms with Crippen molar-refractivity contribution in [2.75, 3.05) is 31.3 Å². The van der Waals surface area contributed by atoms with Crippen LogP contribution in [0.4, 0.5) is 17.6 Å². The summed E-state index contributed by atoms with van der Waals surface area (Å²) in [4.78, 5) is 31.0. The van der Waals surface area contributed by atoms with Crippen LogP contribution < -0.4 is 10.1 Å². The molecule has 13 heteroatoms. The van der Waals surface area contributed by atoms with E-state index in [2.05, 4.69) is 5.32 Å². The second kappa shape index (κ2) is 14.8. The highest BCUT2D eigenvalue weighted by Crippen LogP contribution is 2.21. The summed E-state index contributed by atoms with van der Waals surface area (Å²) in [6.07, 6.45) is -4.94. The number of alkyl halides is 4. The Labute approximate surface area is 171 Å². The average Bonchev–Trinajstić information content (AvgIpc) is 2.65. The monoisotopic (exact) mass is 461 g/mol. The van der Waals surface area contributed by atoms with Crippen LogP contribution in [-0.4, -0.2) is 65.6 Å². The third kappa shape index (κ3) is 14.5. The van der Waals surface area contributed by atoms with E-state index in [1.54, 1.807) is 24.3 Å². The predicted molar refractivity (Wildman–Crippen MR) is 101 cm³/mol. The number of carbonyl (C=O) groups is 3. The Balaban J connectivity index is 0.000000956. The van der Waals surface area contributed by atoms with Crippen LogP contribution in [-0.2, 0) is 9.59 Å².